The molecule has 0 bridgehead atoms. The lowest BCUT2D eigenvalue weighted by atomic mass is 9.98. The van der Waals surface area contributed by atoms with Crippen molar-refractivity contribution in [3.05, 3.63) is 107 Å². The summed E-state index contributed by atoms with van der Waals surface area (Å²) in [6.07, 6.45) is 1.88. The third-order valence-corrected chi connectivity index (χ3v) is 7.71. The Morgan fingerprint density at radius 1 is 0.935 bits per heavy atom. The number of hydrogen-bond donors (Lipinski definition) is 0. The quantitative estimate of drug-likeness (QED) is 0.531. The van der Waals surface area contributed by atoms with Gasteiger partial charge in [-0.25, -0.2) is 8.42 Å². The standard InChI is InChI=1S/C25H22ClNO3S/c1-18-7-13-23(14-8-18)31(29,30)24-15-21(20-9-11-22(26)12-10-20)17-27(25(24)28)16-19-5-3-2-4-6-19/h2-14,17,24H,15-16H2,1H3. The van der Waals surface area contributed by atoms with Crippen molar-refractivity contribution in [2.45, 2.75) is 30.0 Å². The first-order valence-electron chi connectivity index (χ1n) is 9.96. The number of hydrogen-bond acceptors (Lipinski definition) is 3. The highest BCUT2D eigenvalue weighted by Gasteiger charge is 2.40. The number of amides is 1. The van der Waals surface area contributed by atoms with E-state index in [1.807, 2.05) is 49.4 Å². The molecule has 0 fully saturated rings. The van der Waals surface area contributed by atoms with E-state index in [1.54, 1.807) is 42.6 Å². The summed E-state index contributed by atoms with van der Waals surface area (Å²) in [6.45, 7) is 2.20. The van der Waals surface area contributed by atoms with E-state index < -0.39 is 21.0 Å². The maximum Gasteiger partial charge on any atom is 0.245 e. The molecule has 1 atom stereocenters. The van der Waals surface area contributed by atoms with Crippen LogP contribution in [0.5, 0.6) is 0 Å². The third-order valence-electron chi connectivity index (χ3n) is 5.41. The lowest BCUT2D eigenvalue weighted by Gasteiger charge is -2.31. The summed E-state index contributed by atoms with van der Waals surface area (Å²) < 4.78 is 26.9. The molecule has 4 nitrogen and oxygen atoms in total. The molecule has 0 spiro atoms. The Hall–Kier alpha value is -2.89. The van der Waals surface area contributed by atoms with E-state index in [-0.39, 0.29) is 11.3 Å². The summed E-state index contributed by atoms with van der Waals surface area (Å²) in [5.74, 6) is -0.415. The first kappa shape index (κ1) is 21.3. The van der Waals surface area contributed by atoms with Crippen molar-refractivity contribution in [3.63, 3.8) is 0 Å². The summed E-state index contributed by atoms with van der Waals surface area (Å²) in [6, 6.07) is 23.4. The number of benzene rings is 3. The van der Waals surface area contributed by atoms with E-state index in [9.17, 15) is 13.2 Å². The number of halogens is 1. The monoisotopic (exact) mass is 451 g/mol. The average Bonchev–Trinajstić information content (AvgIpc) is 2.76. The van der Waals surface area contributed by atoms with Gasteiger partial charge in [-0.05, 0) is 47.9 Å². The fourth-order valence-corrected chi connectivity index (χ4v) is 5.44. The Morgan fingerprint density at radius 3 is 2.23 bits per heavy atom. The molecule has 0 aromatic heterocycles. The van der Waals surface area contributed by atoms with Crippen molar-refractivity contribution in [2.75, 3.05) is 0 Å². The molecule has 31 heavy (non-hydrogen) atoms. The molecule has 1 amide bonds. The minimum atomic E-state index is -3.86. The molecular weight excluding hydrogens is 430 g/mol. The molecule has 3 aromatic rings. The first-order valence-corrected chi connectivity index (χ1v) is 11.9. The molecule has 1 aliphatic heterocycles. The van der Waals surface area contributed by atoms with E-state index >= 15 is 0 Å². The minimum Gasteiger partial charge on any atom is -0.313 e. The molecule has 0 saturated heterocycles. The van der Waals surface area contributed by atoms with Gasteiger partial charge < -0.3 is 4.90 Å². The fourth-order valence-electron chi connectivity index (χ4n) is 3.67. The Labute approximate surface area is 187 Å². The smallest absolute Gasteiger partial charge is 0.245 e. The molecule has 0 radical (unpaired) electrons. The summed E-state index contributed by atoms with van der Waals surface area (Å²) in [7, 11) is -3.86. The van der Waals surface area contributed by atoms with E-state index in [4.69, 9.17) is 11.6 Å². The maximum absolute atomic E-state index is 13.4. The lowest BCUT2D eigenvalue weighted by Crippen LogP contribution is -2.43. The molecule has 1 heterocycles. The van der Waals surface area contributed by atoms with Crippen molar-refractivity contribution < 1.29 is 13.2 Å². The van der Waals surface area contributed by atoms with Crippen LogP contribution in [0.25, 0.3) is 5.57 Å². The van der Waals surface area contributed by atoms with Gasteiger partial charge in [-0.15, -0.1) is 0 Å². The number of nitrogens with zero attached hydrogens (tertiary/aromatic N) is 1. The topological polar surface area (TPSA) is 54.5 Å². The second kappa shape index (κ2) is 8.69. The van der Waals surface area contributed by atoms with Gasteiger partial charge >= 0.3 is 0 Å². The van der Waals surface area contributed by atoms with Crippen LogP contribution >= 0.6 is 11.6 Å². The zero-order chi connectivity index (χ0) is 22.0. The van der Waals surface area contributed by atoms with Crippen molar-refractivity contribution in [1.82, 2.24) is 4.90 Å². The molecule has 3 aromatic carbocycles. The molecule has 6 heteroatoms. The van der Waals surface area contributed by atoms with E-state index in [2.05, 4.69) is 0 Å². The predicted octanol–water partition coefficient (Wildman–Crippen LogP) is 5.26. The number of rotatable bonds is 5. The molecule has 0 aliphatic carbocycles. The number of carbonyl (C=O) groups is 1. The predicted molar refractivity (Wildman–Crippen MR) is 123 cm³/mol. The highest BCUT2D eigenvalue weighted by atomic mass is 35.5. The Morgan fingerprint density at radius 2 is 1.58 bits per heavy atom. The molecule has 158 valence electrons. The summed E-state index contributed by atoms with van der Waals surface area (Å²) >= 11 is 6.02. The van der Waals surface area contributed by atoms with Crippen molar-refractivity contribution >= 4 is 32.9 Å². The van der Waals surface area contributed by atoms with Crippen LogP contribution in [0.2, 0.25) is 5.02 Å². The summed E-state index contributed by atoms with van der Waals surface area (Å²) in [5.41, 5.74) is 3.52. The third kappa shape index (κ3) is 4.58. The number of carbonyl (C=O) groups excluding carboxylic acids is 1. The fraction of sp³-hybridized carbons (Fsp3) is 0.160. The lowest BCUT2D eigenvalue weighted by molar-refractivity contribution is -0.129. The summed E-state index contributed by atoms with van der Waals surface area (Å²) in [4.78, 5) is 15.0. The molecular formula is C25H22ClNO3S. The second-order valence-corrected chi connectivity index (χ2v) is 10.2. The molecule has 4 rings (SSSR count). The molecule has 0 saturated carbocycles. The van der Waals surface area contributed by atoms with Crippen LogP contribution in [-0.2, 0) is 21.2 Å². The molecule has 1 unspecified atom stereocenters. The van der Waals surface area contributed by atoms with Gasteiger partial charge in [-0.1, -0.05) is 71.8 Å². The zero-order valence-corrected chi connectivity index (χ0v) is 18.6. The van der Waals surface area contributed by atoms with E-state index in [0.717, 1.165) is 22.3 Å². The Kier molecular flexibility index (Phi) is 5.99. The SMILES string of the molecule is Cc1ccc(S(=O)(=O)C2CC(c3ccc(Cl)cc3)=CN(Cc3ccccc3)C2=O)cc1. The van der Waals surface area contributed by atoms with Crippen LogP contribution in [0.3, 0.4) is 0 Å². The van der Waals surface area contributed by atoms with Gasteiger partial charge in [-0.2, -0.15) is 0 Å². The molecule has 0 N–H and O–H groups in total. The largest absolute Gasteiger partial charge is 0.313 e. The van der Waals surface area contributed by atoms with Crippen LogP contribution in [-0.4, -0.2) is 24.5 Å². The van der Waals surface area contributed by atoms with Crippen molar-refractivity contribution in [3.8, 4) is 0 Å². The Balaban J connectivity index is 1.75. The Bertz CT molecular complexity index is 1220. The zero-order valence-electron chi connectivity index (χ0n) is 17.0. The summed E-state index contributed by atoms with van der Waals surface area (Å²) in [5, 5.41) is -0.587. The number of aryl methyl sites for hydroxylation is 1. The van der Waals surface area contributed by atoms with Gasteiger partial charge in [0, 0.05) is 17.6 Å². The van der Waals surface area contributed by atoms with Gasteiger partial charge in [0.15, 0.2) is 9.84 Å². The van der Waals surface area contributed by atoms with Gasteiger partial charge in [0.25, 0.3) is 0 Å². The van der Waals surface area contributed by atoms with Crippen LogP contribution in [0.15, 0.2) is 90.0 Å². The van der Waals surface area contributed by atoms with Crippen LogP contribution in [0.4, 0.5) is 0 Å². The van der Waals surface area contributed by atoms with Crippen molar-refractivity contribution in [1.29, 1.82) is 0 Å². The normalized spacial score (nSPS) is 16.8. The van der Waals surface area contributed by atoms with Crippen LogP contribution in [0.1, 0.15) is 23.1 Å². The first-order chi connectivity index (χ1) is 14.8. The highest BCUT2D eigenvalue weighted by Crippen LogP contribution is 2.33. The van der Waals surface area contributed by atoms with Crippen LogP contribution in [0, 0.1) is 6.92 Å². The highest BCUT2D eigenvalue weighted by molar-refractivity contribution is 7.92. The van der Waals surface area contributed by atoms with Crippen molar-refractivity contribution in [2.24, 2.45) is 0 Å². The molecule has 1 aliphatic rings. The average molecular weight is 452 g/mol. The second-order valence-electron chi connectivity index (χ2n) is 7.66. The minimum absolute atomic E-state index is 0.113. The van der Waals surface area contributed by atoms with Gasteiger partial charge in [0.1, 0.15) is 5.25 Å². The van der Waals surface area contributed by atoms with Gasteiger partial charge in [0.2, 0.25) is 5.91 Å². The van der Waals surface area contributed by atoms with Gasteiger partial charge in [-0.3, -0.25) is 4.79 Å². The van der Waals surface area contributed by atoms with E-state index in [1.165, 1.54) is 4.90 Å². The van der Waals surface area contributed by atoms with E-state index in [0.29, 0.717) is 11.6 Å². The van der Waals surface area contributed by atoms with Crippen LogP contribution < -0.4 is 0 Å². The van der Waals surface area contributed by atoms with Gasteiger partial charge in [0.05, 0.1) is 11.4 Å². The maximum atomic E-state index is 13.4. The number of sulfone groups is 1. The number of allylic oxidation sites excluding steroid dienone is 1.